The zero-order valence-corrected chi connectivity index (χ0v) is 10.6. The monoisotopic (exact) mass is 213 g/mol. The average Bonchev–Trinajstić information content (AvgIpc) is 2.69. The minimum atomic E-state index is 0.650. The minimum absolute atomic E-state index is 0.650. The highest BCUT2D eigenvalue weighted by Gasteiger charge is 2.20. The van der Waals surface area contributed by atoms with Gasteiger partial charge in [0.05, 0.1) is 6.61 Å². The van der Waals surface area contributed by atoms with E-state index in [2.05, 4.69) is 26.1 Å². The van der Waals surface area contributed by atoms with Crippen LogP contribution in [0.1, 0.15) is 46.5 Å². The summed E-state index contributed by atoms with van der Waals surface area (Å²) in [5.74, 6) is 1.56. The van der Waals surface area contributed by atoms with Crippen LogP contribution < -0.4 is 5.32 Å². The fourth-order valence-corrected chi connectivity index (χ4v) is 2.30. The first-order valence-electron chi connectivity index (χ1n) is 6.51. The lowest BCUT2D eigenvalue weighted by molar-refractivity contribution is 0.109. The first-order valence-corrected chi connectivity index (χ1v) is 6.51. The quantitative estimate of drug-likeness (QED) is 0.657. The van der Waals surface area contributed by atoms with Crippen molar-refractivity contribution >= 4 is 0 Å². The third kappa shape index (κ3) is 5.53. The van der Waals surface area contributed by atoms with Gasteiger partial charge in [-0.05, 0) is 31.6 Å². The smallest absolute Gasteiger partial charge is 0.0591 e. The molecule has 1 rings (SSSR count). The molecule has 0 unspecified atom stereocenters. The first kappa shape index (κ1) is 13.0. The molecule has 0 heterocycles. The maximum Gasteiger partial charge on any atom is 0.0591 e. The Hall–Kier alpha value is -0.0800. The summed E-state index contributed by atoms with van der Waals surface area (Å²) in [6.45, 7) is 9.45. The zero-order valence-electron chi connectivity index (χ0n) is 10.6. The molecule has 0 aliphatic heterocycles. The molecule has 0 radical (unpaired) electrons. The molecule has 15 heavy (non-hydrogen) atoms. The van der Waals surface area contributed by atoms with E-state index < -0.39 is 0 Å². The van der Waals surface area contributed by atoms with Gasteiger partial charge in [-0.2, -0.15) is 0 Å². The largest absolute Gasteiger partial charge is 0.380 e. The number of hydrogen-bond donors (Lipinski definition) is 1. The van der Waals surface area contributed by atoms with E-state index in [-0.39, 0.29) is 0 Å². The van der Waals surface area contributed by atoms with Gasteiger partial charge in [0.1, 0.15) is 0 Å². The van der Waals surface area contributed by atoms with Gasteiger partial charge >= 0.3 is 0 Å². The molecule has 0 aromatic carbocycles. The van der Waals surface area contributed by atoms with Gasteiger partial charge in [-0.1, -0.05) is 26.7 Å². The molecule has 1 fully saturated rings. The van der Waals surface area contributed by atoms with E-state index in [0.29, 0.717) is 12.0 Å². The van der Waals surface area contributed by atoms with Crippen LogP contribution in [-0.4, -0.2) is 25.8 Å². The number of rotatable bonds is 7. The maximum atomic E-state index is 5.55. The summed E-state index contributed by atoms with van der Waals surface area (Å²) in [7, 11) is 0. The van der Waals surface area contributed by atoms with Crippen LogP contribution in [0.25, 0.3) is 0 Å². The summed E-state index contributed by atoms with van der Waals surface area (Å²) in [6.07, 6.45) is 5.70. The molecular weight excluding hydrogens is 186 g/mol. The highest BCUT2D eigenvalue weighted by molar-refractivity contribution is 4.76. The Labute approximate surface area is 94.8 Å². The molecule has 90 valence electrons. The van der Waals surface area contributed by atoms with Crippen molar-refractivity contribution in [2.24, 2.45) is 11.8 Å². The van der Waals surface area contributed by atoms with Crippen LogP contribution in [0.2, 0.25) is 0 Å². The molecule has 0 bridgehead atoms. The Morgan fingerprint density at radius 3 is 2.47 bits per heavy atom. The SMILES string of the molecule is CC(C)COCCN[C@H](C)C1CCCC1. The fourth-order valence-electron chi connectivity index (χ4n) is 2.30. The van der Waals surface area contributed by atoms with Crippen molar-refractivity contribution in [2.75, 3.05) is 19.8 Å². The molecule has 1 aliphatic rings. The summed E-state index contributed by atoms with van der Waals surface area (Å²) in [5.41, 5.74) is 0. The standard InChI is InChI=1S/C13H27NO/c1-11(2)10-15-9-8-14-12(3)13-6-4-5-7-13/h11-14H,4-10H2,1-3H3/t12-/m1/s1. The van der Waals surface area contributed by atoms with Crippen molar-refractivity contribution < 1.29 is 4.74 Å². The Bertz CT molecular complexity index is 153. The normalized spacial score (nSPS) is 20.0. The number of ether oxygens (including phenoxy) is 1. The van der Waals surface area contributed by atoms with Crippen LogP contribution in [0.5, 0.6) is 0 Å². The second kappa shape index (κ2) is 7.24. The van der Waals surface area contributed by atoms with Gasteiger partial charge < -0.3 is 10.1 Å². The molecular formula is C13H27NO. The van der Waals surface area contributed by atoms with Crippen molar-refractivity contribution in [3.63, 3.8) is 0 Å². The third-order valence-corrected chi connectivity index (χ3v) is 3.27. The molecule has 0 amide bonds. The van der Waals surface area contributed by atoms with Crippen LogP contribution in [-0.2, 0) is 4.74 Å². The Kier molecular flexibility index (Phi) is 6.26. The second-order valence-electron chi connectivity index (χ2n) is 5.26. The van der Waals surface area contributed by atoms with Crippen molar-refractivity contribution in [2.45, 2.75) is 52.5 Å². The first-order chi connectivity index (χ1) is 7.20. The lowest BCUT2D eigenvalue weighted by Crippen LogP contribution is -2.34. The molecule has 0 aromatic rings. The summed E-state index contributed by atoms with van der Waals surface area (Å²) in [6, 6.07) is 0.676. The van der Waals surface area contributed by atoms with E-state index in [0.717, 1.165) is 25.7 Å². The highest BCUT2D eigenvalue weighted by Crippen LogP contribution is 2.27. The number of hydrogen-bond acceptors (Lipinski definition) is 2. The van der Waals surface area contributed by atoms with Crippen LogP contribution in [0.15, 0.2) is 0 Å². The summed E-state index contributed by atoms with van der Waals surface area (Å²) in [5, 5.41) is 3.57. The maximum absolute atomic E-state index is 5.55. The Balaban J connectivity index is 1.94. The van der Waals surface area contributed by atoms with E-state index in [4.69, 9.17) is 4.74 Å². The lowest BCUT2D eigenvalue weighted by Gasteiger charge is -2.20. The molecule has 1 N–H and O–H groups in total. The van der Waals surface area contributed by atoms with Crippen LogP contribution in [0.4, 0.5) is 0 Å². The van der Waals surface area contributed by atoms with Crippen molar-refractivity contribution in [3.8, 4) is 0 Å². The lowest BCUT2D eigenvalue weighted by atomic mass is 10.00. The van der Waals surface area contributed by atoms with Crippen LogP contribution in [0.3, 0.4) is 0 Å². The fraction of sp³-hybridized carbons (Fsp3) is 1.00. The molecule has 2 heteroatoms. The summed E-state index contributed by atoms with van der Waals surface area (Å²) in [4.78, 5) is 0. The summed E-state index contributed by atoms with van der Waals surface area (Å²) >= 11 is 0. The molecule has 0 spiro atoms. The highest BCUT2D eigenvalue weighted by atomic mass is 16.5. The molecule has 0 saturated heterocycles. The van der Waals surface area contributed by atoms with Gasteiger partial charge in [0, 0.05) is 19.2 Å². The topological polar surface area (TPSA) is 21.3 Å². The molecule has 1 aliphatic carbocycles. The van der Waals surface area contributed by atoms with E-state index in [1.54, 1.807) is 0 Å². The van der Waals surface area contributed by atoms with Gasteiger partial charge in [0.2, 0.25) is 0 Å². The van der Waals surface area contributed by atoms with E-state index in [9.17, 15) is 0 Å². The Morgan fingerprint density at radius 2 is 1.87 bits per heavy atom. The number of nitrogens with one attached hydrogen (secondary N) is 1. The molecule has 0 aromatic heterocycles. The molecule has 1 saturated carbocycles. The van der Waals surface area contributed by atoms with Crippen molar-refractivity contribution in [1.82, 2.24) is 5.32 Å². The van der Waals surface area contributed by atoms with Gasteiger partial charge in [-0.15, -0.1) is 0 Å². The van der Waals surface area contributed by atoms with Gasteiger partial charge in [0.25, 0.3) is 0 Å². The average molecular weight is 213 g/mol. The van der Waals surface area contributed by atoms with Crippen molar-refractivity contribution in [3.05, 3.63) is 0 Å². The second-order valence-corrected chi connectivity index (χ2v) is 5.26. The van der Waals surface area contributed by atoms with Gasteiger partial charge in [0.15, 0.2) is 0 Å². The van der Waals surface area contributed by atoms with Crippen LogP contribution >= 0.6 is 0 Å². The van der Waals surface area contributed by atoms with Crippen LogP contribution in [0, 0.1) is 11.8 Å². The van der Waals surface area contributed by atoms with E-state index in [1.807, 2.05) is 0 Å². The minimum Gasteiger partial charge on any atom is -0.380 e. The summed E-state index contributed by atoms with van der Waals surface area (Å²) < 4.78 is 5.55. The van der Waals surface area contributed by atoms with E-state index in [1.165, 1.54) is 25.7 Å². The van der Waals surface area contributed by atoms with E-state index >= 15 is 0 Å². The molecule has 1 atom stereocenters. The third-order valence-electron chi connectivity index (χ3n) is 3.27. The van der Waals surface area contributed by atoms with Crippen molar-refractivity contribution in [1.29, 1.82) is 0 Å². The predicted octanol–water partition coefficient (Wildman–Crippen LogP) is 2.83. The Morgan fingerprint density at radius 1 is 1.20 bits per heavy atom. The van der Waals surface area contributed by atoms with Gasteiger partial charge in [-0.25, -0.2) is 0 Å². The predicted molar refractivity (Wildman–Crippen MR) is 65.1 cm³/mol. The van der Waals surface area contributed by atoms with Gasteiger partial charge in [-0.3, -0.25) is 0 Å². The molecule has 2 nitrogen and oxygen atoms in total. The zero-order chi connectivity index (χ0) is 11.1.